The first kappa shape index (κ1) is 20.1. The van der Waals surface area contributed by atoms with Gasteiger partial charge in [-0.3, -0.25) is 4.79 Å². The maximum atomic E-state index is 12.0. The Hall–Kier alpha value is -2.64. The number of amides is 1. The molecule has 5 nitrogen and oxygen atoms in total. The number of phenols is 1. The zero-order chi connectivity index (χ0) is 19.9. The number of ether oxygens (including phenoxy) is 1. The van der Waals surface area contributed by atoms with E-state index >= 15 is 0 Å². The van der Waals surface area contributed by atoms with E-state index in [4.69, 9.17) is 4.74 Å². The summed E-state index contributed by atoms with van der Waals surface area (Å²) >= 11 is 6.94. The van der Waals surface area contributed by atoms with Crippen molar-refractivity contribution < 1.29 is 14.6 Å². The summed E-state index contributed by atoms with van der Waals surface area (Å²) in [6.45, 7) is 0.442. The lowest BCUT2D eigenvalue weighted by Gasteiger charge is -2.08. The minimum absolute atomic E-state index is 0.0888. The van der Waals surface area contributed by atoms with E-state index in [-0.39, 0.29) is 11.3 Å². The average molecular weight is 504 g/mol. The van der Waals surface area contributed by atoms with Gasteiger partial charge in [-0.2, -0.15) is 5.10 Å². The molecule has 0 atom stereocenters. The van der Waals surface area contributed by atoms with Gasteiger partial charge in [-0.1, -0.05) is 50.1 Å². The van der Waals surface area contributed by atoms with Gasteiger partial charge >= 0.3 is 0 Å². The molecule has 0 unspecified atom stereocenters. The summed E-state index contributed by atoms with van der Waals surface area (Å²) in [6, 6.07) is 19.6. The molecular formula is C21H16Br2N2O3. The number of halogens is 2. The van der Waals surface area contributed by atoms with Crippen LogP contribution in [-0.2, 0) is 6.61 Å². The molecule has 3 aromatic rings. The Morgan fingerprint density at radius 2 is 1.82 bits per heavy atom. The smallest absolute Gasteiger partial charge is 0.275 e. The molecule has 2 N–H and O–H groups in total. The van der Waals surface area contributed by atoms with E-state index in [1.54, 1.807) is 12.1 Å². The molecule has 0 fully saturated rings. The van der Waals surface area contributed by atoms with Crippen LogP contribution in [0, 0.1) is 0 Å². The summed E-state index contributed by atoms with van der Waals surface area (Å²) < 4.78 is 7.77. The predicted molar refractivity (Wildman–Crippen MR) is 116 cm³/mol. The van der Waals surface area contributed by atoms with Crippen molar-refractivity contribution in [3.8, 4) is 11.5 Å². The minimum Gasteiger partial charge on any atom is -0.507 e. The van der Waals surface area contributed by atoms with Crippen LogP contribution in [0.2, 0.25) is 0 Å². The molecule has 0 aliphatic rings. The van der Waals surface area contributed by atoms with Gasteiger partial charge in [-0.25, -0.2) is 5.43 Å². The Kier molecular flexibility index (Phi) is 6.84. The number of hydrogen-bond donors (Lipinski definition) is 2. The van der Waals surface area contributed by atoms with Gasteiger partial charge in [0.2, 0.25) is 0 Å². The van der Waals surface area contributed by atoms with E-state index in [1.807, 2.05) is 42.5 Å². The van der Waals surface area contributed by atoms with E-state index in [0.29, 0.717) is 6.61 Å². The molecule has 0 aliphatic heterocycles. The van der Waals surface area contributed by atoms with Crippen LogP contribution in [0.5, 0.6) is 11.5 Å². The third kappa shape index (κ3) is 5.43. The van der Waals surface area contributed by atoms with E-state index in [9.17, 15) is 9.90 Å². The molecule has 0 aromatic heterocycles. The van der Waals surface area contributed by atoms with Gasteiger partial charge in [0.1, 0.15) is 18.1 Å². The Labute approximate surface area is 179 Å². The number of aromatic hydroxyl groups is 1. The number of hydrazone groups is 1. The Balaban J connectivity index is 1.54. The van der Waals surface area contributed by atoms with Crippen LogP contribution in [0.1, 0.15) is 21.5 Å². The first-order chi connectivity index (χ1) is 13.5. The lowest BCUT2D eigenvalue weighted by Crippen LogP contribution is -2.17. The summed E-state index contributed by atoms with van der Waals surface area (Å²) in [6.07, 6.45) is 1.52. The quantitative estimate of drug-likeness (QED) is 0.356. The van der Waals surface area contributed by atoms with Crippen LogP contribution in [0.25, 0.3) is 0 Å². The third-order valence-electron chi connectivity index (χ3n) is 3.82. The highest BCUT2D eigenvalue weighted by Gasteiger charge is 2.08. The van der Waals surface area contributed by atoms with Crippen LogP contribution in [0.15, 0.2) is 80.8 Å². The molecule has 0 saturated carbocycles. The van der Waals surface area contributed by atoms with Gasteiger partial charge in [0.05, 0.1) is 11.8 Å². The molecular weight excluding hydrogens is 488 g/mol. The van der Waals surface area contributed by atoms with E-state index in [1.165, 1.54) is 18.3 Å². The minimum atomic E-state index is -0.477. The van der Waals surface area contributed by atoms with Crippen LogP contribution in [0.3, 0.4) is 0 Å². The summed E-state index contributed by atoms with van der Waals surface area (Å²) in [5, 5.41) is 13.6. The van der Waals surface area contributed by atoms with Crippen molar-refractivity contribution in [1.29, 1.82) is 0 Å². The van der Waals surface area contributed by atoms with Crippen molar-refractivity contribution in [3.63, 3.8) is 0 Å². The van der Waals surface area contributed by atoms with Crippen LogP contribution < -0.4 is 10.2 Å². The second-order valence-corrected chi connectivity index (χ2v) is 7.58. The van der Waals surface area contributed by atoms with E-state index < -0.39 is 5.91 Å². The number of benzene rings is 3. The summed E-state index contributed by atoms with van der Waals surface area (Å²) in [7, 11) is 0. The Morgan fingerprint density at radius 1 is 1.07 bits per heavy atom. The third-order valence-corrected chi connectivity index (χ3v) is 5.05. The molecule has 3 rings (SSSR count). The number of nitrogens with zero attached hydrogens (tertiary/aromatic N) is 1. The number of para-hydroxylation sites is 1. The molecule has 0 heterocycles. The zero-order valence-corrected chi connectivity index (χ0v) is 17.8. The standard InChI is InChI=1S/C21H16Br2N2O3/c22-16-8-7-15(19(23)11-16)13-28-17-9-5-14(6-10-17)12-24-25-21(27)18-3-1-2-4-20(18)26/h1-12,26H,13H2,(H,25,27)/b24-12+. The maximum Gasteiger partial charge on any atom is 0.275 e. The van der Waals surface area contributed by atoms with Crippen molar-refractivity contribution in [2.45, 2.75) is 6.61 Å². The number of phenolic OH excluding ortho intramolecular Hbond substituents is 1. The van der Waals surface area contributed by atoms with Gasteiger partial charge < -0.3 is 9.84 Å². The van der Waals surface area contributed by atoms with Crippen molar-refractivity contribution >= 4 is 44.0 Å². The highest BCUT2D eigenvalue weighted by atomic mass is 79.9. The topological polar surface area (TPSA) is 70.9 Å². The van der Waals surface area contributed by atoms with Gasteiger partial charge in [0.25, 0.3) is 5.91 Å². The fraction of sp³-hybridized carbons (Fsp3) is 0.0476. The summed E-state index contributed by atoms with van der Waals surface area (Å²) in [4.78, 5) is 12.0. The van der Waals surface area contributed by atoms with Crippen molar-refractivity contribution in [1.82, 2.24) is 5.43 Å². The van der Waals surface area contributed by atoms with Gasteiger partial charge in [0.15, 0.2) is 0 Å². The molecule has 0 radical (unpaired) electrons. The monoisotopic (exact) mass is 502 g/mol. The van der Waals surface area contributed by atoms with Crippen LogP contribution in [-0.4, -0.2) is 17.2 Å². The second kappa shape index (κ2) is 9.52. The van der Waals surface area contributed by atoms with Crippen molar-refractivity contribution in [2.75, 3.05) is 0 Å². The first-order valence-corrected chi connectivity index (χ1v) is 9.90. The molecule has 3 aromatic carbocycles. The van der Waals surface area contributed by atoms with E-state index in [0.717, 1.165) is 25.8 Å². The summed E-state index contributed by atoms with van der Waals surface area (Å²) in [5.74, 6) is 0.161. The molecule has 0 bridgehead atoms. The second-order valence-electron chi connectivity index (χ2n) is 5.81. The Morgan fingerprint density at radius 3 is 2.54 bits per heavy atom. The fourth-order valence-electron chi connectivity index (χ4n) is 2.34. The maximum absolute atomic E-state index is 12.0. The summed E-state index contributed by atoms with van der Waals surface area (Å²) in [5.41, 5.74) is 4.40. The van der Waals surface area contributed by atoms with Crippen LogP contribution >= 0.6 is 31.9 Å². The number of hydrogen-bond acceptors (Lipinski definition) is 4. The number of nitrogens with one attached hydrogen (secondary N) is 1. The lowest BCUT2D eigenvalue weighted by molar-refractivity contribution is 0.0952. The average Bonchev–Trinajstić information content (AvgIpc) is 2.68. The van der Waals surface area contributed by atoms with Crippen molar-refractivity contribution in [3.05, 3.63) is 92.4 Å². The lowest BCUT2D eigenvalue weighted by atomic mass is 10.2. The molecule has 0 spiro atoms. The predicted octanol–water partition coefficient (Wildman–Crippen LogP) is 5.26. The molecule has 28 heavy (non-hydrogen) atoms. The first-order valence-electron chi connectivity index (χ1n) is 8.31. The van der Waals surface area contributed by atoms with Crippen molar-refractivity contribution in [2.24, 2.45) is 5.10 Å². The van der Waals surface area contributed by atoms with Gasteiger partial charge in [-0.05, 0) is 54.1 Å². The molecule has 142 valence electrons. The highest BCUT2D eigenvalue weighted by Crippen LogP contribution is 2.23. The van der Waals surface area contributed by atoms with E-state index in [2.05, 4.69) is 42.4 Å². The highest BCUT2D eigenvalue weighted by molar-refractivity contribution is 9.11. The zero-order valence-electron chi connectivity index (χ0n) is 14.6. The SMILES string of the molecule is O=C(N/N=C/c1ccc(OCc2ccc(Br)cc2Br)cc1)c1ccccc1O. The normalized spacial score (nSPS) is 10.8. The molecule has 0 saturated heterocycles. The Bertz CT molecular complexity index is 1000. The molecule has 1 amide bonds. The number of carbonyl (C=O) groups excluding carboxylic acids is 1. The van der Waals surface area contributed by atoms with Gasteiger partial charge in [0, 0.05) is 14.5 Å². The van der Waals surface area contributed by atoms with Gasteiger partial charge in [-0.15, -0.1) is 0 Å². The fourth-order valence-corrected chi connectivity index (χ4v) is 3.50. The number of rotatable bonds is 6. The largest absolute Gasteiger partial charge is 0.507 e. The number of carbonyl (C=O) groups is 1. The molecule has 0 aliphatic carbocycles. The van der Waals surface area contributed by atoms with Crippen LogP contribution in [0.4, 0.5) is 0 Å². The molecule has 7 heteroatoms.